The third-order valence-electron chi connectivity index (χ3n) is 3.91. The molecule has 0 radical (unpaired) electrons. The van der Waals surface area contributed by atoms with Gasteiger partial charge in [-0.05, 0) is 48.6 Å². The number of aliphatic hydroxyl groups excluding tert-OH is 1. The molecule has 0 aromatic heterocycles. The van der Waals surface area contributed by atoms with Gasteiger partial charge in [-0.25, -0.2) is 0 Å². The SMILES string of the molecule is O=S(=O)(O)c1ccc(N=C2C=CC=C(Nc3ccccc3)C2CO)cc1. The van der Waals surface area contributed by atoms with Crippen LogP contribution >= 0.6 is 0 Å². The van der Waals surface area contributed by atoms with Crippen LogP contribution in [0.25, 0.3) is 0 Å². The van der Waals surface area contributed by atoms with Crippen molar-refractivity contribution < 1.29 is 18.1 Å². The molecule has 1 aliphatic carbocycles. The fourth-order valence-corrected chi connectivity index (χ4v) is 3.09. The fourth-order valence-electron chi connectivity index (χ4n) is 2.61. The van der Waals surface area contributed by atoms with Gasteiger partial charge in [-0.3, -0.25) is 9.55 Å². The van der Waals surface area contributed by atoms with Gasteiger partial charge >= 0.3 is 0 Å². The third kappa shape index (κ3) is 4.26. The van der Waals surface area contributed by atoms with Gasteiger partial charge in [0.25, 0.3) is 10.1 Å². The zero-order valence-electron chi connectivity index (χ0n) is 13.8. The first-order valence-electron chi connectivity index (χ1n) is 7.95. The molecule has 2 aromatic carbocycles. The van der Waals surface area contributed by atoms with Gasteiger partial charge in [0.2, 0.25) is 0 Å². The van der Waals surface area contributed by atoms with E-state index in [0.717, 1.165) is 11.4 Å². The van der Waals surface area contributed by atoms with Gasteiger partial charge in [0.15, 0.2) is 0 Å². The Labute approximate surface area is 152 Å². The first-order chi connectivity index (χ1) is 12.5. The maximum Gasteiger partial charge on any atom is 0.294 e. The van der Waals surface area contributed by atoms with Gasteiger partial charge in [0.05, 0.1) is 28.8 Å². The number of anilines is 1. The van der Waals surface area contributed by atoms with Crippen molar-refractivity contribution in [1.82, 2.24) is 0 Å². The number of hydrogen-bond acceptors (Lipinski definition) is 5. The Bertz CT molecular complexity index is 962. The van der Waals surface area contributed by atoms with E-state index in [-0.39, 0.29) is 17.4 Å². The summed E-state index contributed by atoms with van der Waals surface area (Å²) in [6, 6.07) is 15.2. The number of para-hydroxylation sites is 1. The zero-order chi connectivity index (χ0) is 18.6. The van der Waals surface area contributed by atoms with Crippen molar-refractivity contribution in [2.45, 2.75) is 4.90 Å². The lowest BCUT2D eigenvalue weighted by atomic mass is 9.95. The number of aliphatic hydroxyl groups is 1. The van der Waals surface area contributed by atoms with Crippen LogP contribution in [0.4, 0.5) is 11.4 Å². The molecule has 0 spiro atoms. The maximum absolute atomic E-state index is 11.1. The molecule has 1 atom stereocenters. The Morgan fingerprint density at radius 1 is 1.04 bits per heavy atom. The second-order valence-corrected chi connectivity index (χ2v) is 7.13. The van der Waals surface area contributed by atoms with Gasteiger partial charge in [0.1, 0.15) is 0 Å². The first-order valence-corrected chi connectivity index (χ1v) is 9.39. The van der Waals surface area contributed by atoms with E-state index in [4.69, 9.17) is 4.55 Å². The van der Waals surface area contributed by atoms with Crippen LogP contribution in [0.5, 0.6) is 0 Å². The van der Waals surface area contributed by atoms with E-state index in [2.05, 4.69) is 10.3 Å². The van der Waals surface area contributed by atoms with E-state index < -0.39 is 10.1 Å². The average molecular weight is 370 g/mol. The second-order valence-electron chi connectivity index (χ2n) is 5.71. The fraction of sp³-hybridized carbons (Fsp3) is 0.105. The Morgan fingerprint density at radius 2 is 1.73 bits per heavy atom. The Kier molecular flexibility index (Phi) is 5.32. The molecule has 3 N–H and O–H groups in total. The van der Waals surface area contributed by atoms with Crippen molar-refractivity contribution >= 4 is 27.2 Å². The van der Waals surface area contributed by atoms with Crippen LogP contribution in [0.15, 0.2) is 88.4 Å². The highest BCUT2D eigenvalue weighted by Crippen LogP contribution is 2.24. The molecule has 1 aliphatic rings. The monoisotopic (exact) mass is 370 g/mol. The molecule has 3 rings (SSSR count). The Balaban J connectivity index is 1.85. The minimum Gasteiger partial charge on any atom is -0.395 e. The average Bonchev–Trinajstić information content (AvgIpc) is 2.63. The topological polar surface area (TPSA) is 99.0 Å². The minimum atomic E-state index is -4.23. The summed E-state index contributed by atoms with van der Waals surface area (Å²) in [4.78, 5) is 4.31. The molecule has 6 nitrogen and oxygen atoms in total. The zero-order valence-corrected chi connectivity index (χ0v) is 14.6. The second kappa shape index (κ2) is 7.65. The molecule has 0 amide bonds. The summed E-state index contributed by atoms with van der Waals surface area (Å²) in [6.45, 7) is -0.127. The summed E-state index contributed by atoms with van der Waals surface area (Å²) in [5, 5.41) is 13.1. The van der Waals surface area contributed by atoms with Gasteiger partial charge < -0.3 is 10.4 Å². The van der Waals surface area contributed by atoms with E-state index in [9.17, 15) is 13.5 Å². The first kappa shape index (κ1) is 18.1. The van der Waals surface area contributed by atoms with Crippen LogP contribution in [-0.2, 0) is 10.1 Å². The molecular weight excluding hydrogens is 352 g/mol. The van der Waals surface area contributed by atoms with E-state index in [1.54, 1.807) is 6.08 Å². The highest BCUT2D eigenvalue weighted by molar-refractivity contribution is 7.85. The summed E-state index contributed by atoms with van der Waals surface area (Å²) in [5.74, 6) is -0.332. The molecule has 0 fully saturated rings. The molecular formula is C19H18N2O4S. The molecule has 0 aliphatic heterocycles. The molecule has 134 valence electrons. The standard InChI is InChI=1S/C19H18N2O4S/c22-13-17-18(20-14-5-2-1-3-6-14)7-4-8-19(17)21-15-9-11-16(12-10-15)26(23,24)25/h1-12,17,20,22H,13H2,(H,23,24,25). The molecule has 26 heavy (non-hydrogen) atoms. The predicted molar refractivity (Wildman–Crippen MR) is 101 cm³/mol. The lowest BCUT2D eigenvalue weighted by molar-refractivity contribution is 0.277. The summed E-state index contributed by atoms with van der Waals surface area (Å²) in [7, 11) is -4.23. The summed E-state index contributed by atoms with van der Waals surface area (Å²) in [5.41, 5.74) is 2.89. The van der Waals surface area contributed by atoms with E-state index in [1.165, 1.54) is 24.3 Å². The van der Waals surface area contributed by atoms with Crippen LogP contribution < -0.4 is 5.32 Å². The van der Waals surface area contributed by atoms with Gasteiger partial charge in [0, 0.05) is 11.4 Å². The van der Waals surface area contributed by atoms with Gasteiger partial charge in [-0.2, -0.15) is 8.42 Å². The number of nitrogens with one attached hydrogen (secondary N) is 1. The molecule has 0 heterocycles. The number of nitrogens with zero attached hydrogens (tertiary/aromatic N) is 1. The highest BCUT2D eigenvalue weighted by Gasteiger charge is 2.21. The van der Waals surface area contributed by atoms with Crippen molar-refractivity contribution in [3.63, 3.8) is 0 Å². The molecule has 0 bridgehead atoms. The lowest BCUT2D eigenvalue weighted by Crippen LogP contribution is -2.25. The number of rotatable bonds is 5. The van der Waals surface area contributed by atoms with Gasteiger partial charge in [-0.1, -0.05) is 24.3 Å². The largest absolute Gasteiger partial charge is 0.395 e. The number of aliphatic imine (C=N–C) groups is 1. The minimum absolute atomic E-state index is 0.127. The van der Waals surface area contributed by atoms with Crippen molar-refractivity contribution in [3.05, 3.63) is 78.5 Å². The maximum atomic E-state index is 11.1. The Hall–Kier alpha value is -2.74. The van der Waals surface area contributed by atoms with E-state index >= 15 is 0 Å². The van der Waals surface area contributed by atoms with Crippen molar-refractivity contribution in [2.75, 3.05) is 11.9 Å². The van der Waals surface area contributed by atoms with Crippen LogP contribution in [0.1, 0.15) is 0 Å². The van der Waals surface area contributed by atoms with Gasteiger partial charge in [-0.15, -0.1) is 0 Å². The summed E-state index contributed by atoms with van der Waals surface area (Å²) in [6.07, 6.45) is 5.52. The van der Waals surface area contributed by atoms with Crippen molar-refractivity contribution in [2.24, 2.45) is 10.9 Å². The number of hydrogen-bond donors (Lipinski definition) is 3. The van der Waals surface area contributed by atoms with Crippen molar-refractivity contribution in [3.8, 4) is 0 Å². The Morgan fingerprint density at radius 3 is 2.35 bits per heavy atom. The normalized spacial score (nSPS) is 18.6. The van der Waals surface area contributed by atoms with Crippen LogP contribution in [0.2, 0.25) is 0 Å². The van der Waals surface area contributed by atoms with E-state index in [1.807, 2.05) is 42.5 Å². The third-order valence-corrected chi connectivity index (χ3v) is 4.78. The molecule has 2 aromatic rings. The van der Waals surface area contributed by atoms with Crippen LogP contribution in [0.3, 0.4) is 0 Å². The molecule has 1 unspecified atom stereocenters. The molecule has 0 saturated heterocycles. The summed E-state index contributed by atoms with van der Waals surface area (Å²) < 4.78 is 31.3. The number of allylic oxidation sites excluding steroid dienone is 3. The smallest absolute Gasteiger partial charge is 0.294 e. The predicted octanol–water partition coefficient (Wildman–Crippen LogP) is 3.18. The quantitative estimate of drug-likeness (QED) is 0.702. The molecule has 0 saturated carbocycles. The van der Waals surface area contributed by atoms with Crippen molar-refractivity contribution in [1.29, 1.82) is 0 Å². The lowest BCUT2D eigenvalue weighted by Gasteiger charge is -2.23. The van der Waals surface area contributed by atoms with Crippen LogP contribution in [0, 0.1) is 5.92 Å². The van der Waals surface area contributed by atoms with Crippen LogP contribution in [-0.4, -0.2) is 30.4 Å². The molecule has 7 heteroatoms. The van der Waals surface area contributed by atoms with E-state index in [0.29, 0.717) is 11.4 Å². The highest BCUT2D eigenvalue weighted by atomic mass is 32.2. The summed E-state index contributed by atoms with van der Waals surface area (Å²) >= 11 is 0. The number of benzene rings is 2.